The van der Waals surface area contributed by atoms with Crippen LogP contribution in [0.2, 0.25) is 0 Å². The summed E-state index contributed by atoms with van der Waals surface area (Å²) in [6.45, 7) is 7.69. The highest BCUT2D eigenvalue weighted by Crippen LogP contribution is 2.21. The van der Waals surface area contributed by atoms with E-state index < -0.39 is 78.4 Å². The van der Waals surface area contributed by atoms with Crippen LogP contribution in [0.15, 0.2) is 60.7 Å². The van der Waals surface area contributed by atoms with Crippen LogP contribution >= 0.6 is 0 Å². The van der Waals surface area contributed by atoms with Crippen molar-refractivity contribution in [2.75, 3.05) is 20.2 Å². The van der Waals surface area contributed by atoms with Gasteiger partial charge in [-0.1, -0.05) is 94.8 Å². The van der Waals surface area contributed by atoms with Gasteiger partial charge in [-0.05, 0) is 48.8 Å². The number of nitrogens with zero attached hydrogens (tertiary/aromatic N) is 1. The maximum atomic E-state index is 13.8. The van der Waals surface area contributed by atoms with E-state index in [0.29, 0.717) is 25.8 Å². The number of alkyl carbamates (subject to hydrolysis) is 1. The average Bonchev–Trinajstić information content (AvgIpc) is 3.62. The summed E-state index contributed by atoms with van der Waals surface area (Å²) in [5.41, 5.74) is 6.95. The fourth-order valence-electron chi connectivity index (χ4n) is 6.28. The van der Waals surface area contributed by atoms with E-state index in [-0.39, 0.29) is 31.4 Å². The fraction of sp³-hybridized carbons (Fsp3) is 0.538. The van der Waals surface area contributed by atoms with Gasteiger partial charge in [-0.25, -0.2) is 9.59 Å². The van der Waals surface area contributed by atoms with Crippen molar-refractivity contribution in [1.82, 2.24) is 26.2 Å². The first kappa shape index (κ1) is 43.4. The van der Waals surface area contributed by atoms with Gasteiger partial charge in [0, 0.05) is 6.54 Å². The zero-order valence-corrected chi connectivity index (χ0v) is 31.8. The number of amides is 5. The van der Waals surface area contributed by atoms with Crippen molar-refractivity contribution >= 4 is 35.7 Å². The third-order valence-corrected chi connectivity index (χ3v) is 9.62. The summed E-state index contributed by atoms with van der Waals surface area (Å²) >= 11 is 0. The Kier molecular flexibility index (Phi) is 17.4. The molecule has 3 rings (SSSR count). The number of likely N-dealkylation sites (tertiary alicyclic amines) is 1. The quantitative estimate of drug-likeness (QED) is 0.107. The van der Waals surface area contributed by atoms with Crippen molar-refractivity contribution in [3.8, 4) is 0 Å². The molecule has 54 heavy (non-hydrogen) atoms. The molecular formula is C39H56N6O9. The van der Waals surface area contributed by atoms with Crippen molar-refractivity contribution in [2.45, 2.75) is 103 Å². The van der Waals surface area contributed by atoms with Crippen LogP contribution in [0.1, 0.15) is 64.5 Å². The van der Waals surface area contributed by atoms with Crippen LogP contribution in [-0.4, -0.2) is 102 Å². The Hall–Kier alpha value is -5.02. The third-order valence-electron chi connectivity index (χ3n) is 9.62. The third kappa shape index (κ3) is 13.4. The largest absolute Gasteiger partial charge is 0.467 e. The van der Waals surface area contributed by atoms with Gasteiger partial charge in [-0.15, -0.1) is 0 Å². The van der Waals surface area contributed by atoms with Crippen molar-refractivity contribution in [2.24, 2.45) is 17.6 Å². The molecule has 1 fully saturated rings. The van der Waals surface area contributed by atoms with Gasteiger partial charge in [0.25, 0.3) is 0 Å². The topological polar surface area (TPSA) is 218 Å². The molecule has 0 bridgehead atoms. The second kappa shape index (κ2) is 21.6. The van der Waals surface area contributed by atoms with E-state index in [9.17, 15) is 33.9 Å². The van der Waals surface area contributed by atoms with Gasteiger partial charge >= 0.3 is 12.1 Å². The summed E-state index contributed by atoms with van der Waals surface area (Å²) in [5.74, 6) is -3.58. The summed E-state index contributed by atoms with van der Waals surface area (Å²) in [4.78, 5) is 79.6. The summed E-state index contributed by atoms with van der Waals surface area (Å²) in [6.07, 6.45) is -0.773. The number of hydrogen-bond donors (Lipinski definition) is 6. The lowest BCUT2D eigenvalue weighted by Gasteiger charge is -2.33. The first-order chi connectivity index (χ1) is 25.7. The lowest BCUT2D eigenvalue weighted by molar-refractivity contribution is -0.147. The summed E-state index contributed by atoms with van der Waals surface area (Å²) in [5, 5.41) is 22.5. The highest BCUT2D eigenvalue weighted by Gasteiger charge is 2.38. The Morgan fingerprint density at radius 3 is 2.07 bits per heavy atom. The maximum absolute atomic E-state index is 13.8. The van der Waals surface area contributed by atoms with Crippen molar-refractivity contribution < 1.29 is 43.3 Å². The monoisotopic (exact) mass is 752 g/mol. The number of rotatable bonds is 20. The van der Waals surface area contributed by atoms with Crippen LogP contribution in [0.3, 0.4) is 0 Å². The smallest absolute Gasteiger partial charge is 0.408 e. The van der Waals surface area contributed by atoms with Gasteiger partial charge in [0.05, 0.1) is 31.7 Å². The second-order valence-electron chi connectivity index (χ2n) is 14.1. The number of carbonyl (C=O) groups excluding carboxylic acids is 6. The van der Waals surface area contributed by atoms with Crippen LogP contribution in [-0.2, 0) is 46.5 Å². The van der Waals surface area contributed by atoms with Gasteiger partial charge in [0.2, 0.25) is 23.6 Å². The van der Waals surface area contributed by atoms with Gasteiger partial charge < -0.3 is 41.6 Å². The van der Waals surface area contributed by atoms with Crippen molar-refractivity contribution in [3.05, 3.63) is 71.8 Å². The van der Waals surface area contributed by atoms with Gasteiger partial charge in [0.1, 0.15) is 24.7 Å². The first-order valence-corrected chi connectivity index (χ1v) is 18.4. The van der Waals surface area contributed by atoms with Crippen molar-refractivity contribution in [3.63, 3.8) is 0 Å². The molecule has 7 atom stereocenters. The normalized spacial score (nSPS) is 17.6. The minimum Gasteiger partial charge on any atom is -0.467 e. The Labute approximate surface area is 317 Å². The van der Waals surface area contributed by atoms with Crippen molar-refractivity contribution in [1.29, 1.82) is 0 Å². The lowest BCUT2D eigenvalue weighted by atomic mass is 9.96. The Bertz CT molecular complexity index is 1540. The number of primary amides is 1. The Balaban J connectivity index is 1.75. The summed E-state index contributed by atoms with van der Waals surface area (Å²) < 4.78 is 10.1. The molecule has 0 radical (unpaired) electrons. The molecule has 2 aromatic rings. The van der Waals surface area contributed by atoms with Crippen LogP contribution in [0.25, 0.3) is 0 Å². The average molecular weight is 753 g/mol. The summed E-state index contributed by atoms with van der Waals surface area (Å²) in [6, 6.07) is 13.3. The number of aliphatic hydroxyl groups is 1. The fourth-order valence-corrected chi connectivity index (χ4v) is 6.28. The highest BCUT2D eigenvalue weighted by atomic mass is 16.5. The number of β-amino-alcohol motifs (C(OH)–C–C–N with tert-alkyl or cyclic N) is 1. The molecule has 1 heterocycles. The molecule has 15 heteroatoms. The highest BCUT2D eigenvalue weighted by molar-refractivity contribution is 5.92. The molecule has 2 aromatic carbocycles. The van der Waals surface area contributed by atoms with Gasteiger partial charge in [0.15, 0.2) is 0 Å². The zero-order valence-electron chi connectivity index (χ0n) is 31.8. The Morgan fingerprint density at radius 2 is 1.50 bits per heavy atom. The number of nitrogens with one attached hydrogen (secondary N) is 4. The molecule has 0 spiro atoms. The first-order valence-electron chi connectivity index (χ1n) is 18.4. The minimum absolute atomic E-state index is 0.0130. The van der Waals surface area contributed by atoms with Gasteiger partial charge in [-0.2, -0.15) is 0 Å². The van der Waals surface area contributed by atoms with Crippen LogP contribution in [0.5, 0.6) is 0 Å². The van der Waals surface area contributed by atoms with Crippen LogP contribution < -0.4 is 27.0 Å². The molecule has 0 aliphatic carbocycles. The number of carbonyl (C=O) groups is 6. The predicted molar refractivity (Wildman–Crippen MR) is 200 cm³/mol. The Morgan fingerprint density at radius 1 is 0.870 bits per heavy atom. The number of aliphatic hydroxyl groups excluding tert-OH is 1. The standard InChI is InChI=1S/C39H56N6O9/c1-6-25(4)34(37(50)43-33(24(2)3)38(51)53-5)44-36(49)30-18-13-19-45(30)22-31(46)28(20-26-14-9-7-10-15-26)41-35(48)29(21-32(40)47)42-39(52)54-23-27-16-11-8-12-17-27/h7-12,14-17,24-25,28-31,33-34,46H,6,13,18-23H2,1-5H3,(H2,40,47)(H,41,48)(H,42,52)(H,43,50)(H,44,49)/t25?,28-,29?,30?,31?,33?,34?/m0/s1. The molecule has 6 unspecified atom stereocenters. The number of esters is 1. The molecule has 1 saturated heterocycles. The number of ether oxygens (including phenoxy) is 2. The molecule has 7 N–H and O–H groups in total. The van der Waals surface area contributed by atoms with E-state index in [1.807, 2.05) is 50.2 Å². The lowest BCUT2D eigenvalue weighted by Crippen LogP contribution is -2.59. The molecular weight excluding hydrogens is 696 g/mol. The molecule has 0 aromatic heterocycles. The van der Waals surface area contributed by atoms with E-state index in [1.54, 1.807) is 43.0 Å². The molecule has 1 aliphatic heterocycles. The van der Waals surface area contributed by atoms with E-state index in [1.165, 1.54) is 7.11 Å². The number of benzene rings is 2. The number of hydrogen-bond acceptors (Lipinski definition) is 10. The zero-order chi connectivity index (χ0) is 39.8. The minimum atomic E-state index is -1.39. The predicted octanol–water partition coefficient (Wildman–Crippen LogP) is 1.55. The van der Waals surface area contributed by atoms with Gasteiger partial charge in [-0.3, -0.25) is 24.1 Å². The SMILES string of the molecule is CCC(C)C(NC(=O)C1CCCN1CC(O)[C@H](Cc1ccccc1)NC(=O)C(CC(N)=O)NC(=O)OCc1ccccc1)C(=O)NC(C(=O)OC)C(C)C. The van der Waals surface area contributed by atoms with E-state index in [0.717, 1.165) is 11.1 Å². The molecule has 1 aliphatic rings. The van der Waals surface area contributed by atoms with E-state index >= 15 is 0 Å². The molecule has 5 amide bonds. The molecule has 296 valence electrons. The second-order valence-corrected chi connectivity index (χ2v) is 14.1. The number of methoxy groups -OCH3 is 1. The number of nitrogens with two attached hydrogens (primary N) is 1. The maximum Gasteiger partial charge on any atom is 0.408 e. The summed E-state index contributed by atoms with van der Waals surface area (Å²) in [7, 11) is 1.25. The molecule has 0 saturated carbocycles. The van der Waals surface area contributed by atoms with E-state index in [2.05, 4.69) is 21.3 Å². The van der Waals surface area contributed by atoms with Crippen LogP contribution in [0, 0.1) is 11.8 Å². The van der Waals surface area contributed by atoms with E-state index in [4.69, 9.17) is 15.2 Å². The van der Waals surface area contributed by atoms with Crippen LogP contribution in [0.4, 0.5) is 4.79 Å². The molecule has 15 nitrogen and oxygen atoms in total.